The number of ketones is 1. The number of fused-ring (bicyclic) bond motifs is 1. The molecule has 3 aromatic rings. The second kappa shape index (κ2) is 8.86. The molecule has 7 rings (SSSR count). The highest BCUT2D eigenvalue weighted by molar-refractivity contribution is 5.95. The Morgan fingerprint density at radius 3 is 2.77 bits per heavy atom. The number of nitrogens with zero attached hydrogens (tertiary/aromatic N) is 5. The normalized spacial score (nSPS) is 24.6. The van der Waals surface area contributed by atoms with E-state index in [0.717, 1.165) is 54.4 Å². The third-order valence-electron chi connectivity index (χ3n) is 7.97. The summed E-state index contributed by atoms with van der Waals surface area (Å²) in [5.41, 5.74) is 2.62. The van der Waals surface area contributed by atoms with Gasteiger partial charge in [0.15, 0.2) is 11.4 Å². The van der Waals surface area contributed by atoms with Gasteiger partial charge in [-0.2, -0.15) is 15.1 Å². The summed E-state index contributed by atoms with van der Waals surface area (Å²) in [6, 6.07) is 6.14. The maximum Gasteiger partial charge on any atom is 0.319 e. The number of aromatic amines is 1. The zero-order chi connectivity index (χ0) is 24.0. The first-order valence-corrected chi connectivity index (χ1v) is 12.6. The van der Waals surface area contributed by atoms with Crippen LogP contribution in [0.1, 0.15) is 67.5 Å². The maximum atomic E-state index is 13.2. The largest absolute Gasteiger partial charge is 0.458 e. The summed E-state index contributed by atoms with van der Waals surface area (Å²) >= 11 is 0. The third-order valence-corrected chi connectivity index (χ3v) is 7.97. The van der Waals surface area contributed by atoms with Crippen molar-refractivity contribution in [1.29, 1.82) is 0 Å². The summed E-state index contributed by atoms with van der Waals surface area (Å²) in [6.07, 6.45) is 7.63. The smallest absolute Gasteiger partial charge is 0.319 e. The lowest BCUT2D eigenvalue weighted by Gasteiger charge is -2.61. The lowest BCUT2D eigenvalue weighted by atomic mass is 9.43. The van der Waals surface area contributed by atoms with Gasteiger partial charge in [0.2, 0.25) is 0 Å². The number of carbonyl (C=O) groups excluding carboxylic acids is 1. The van der Waals surface area contributed by atoms with E-state index in [1.807, 2.05) is 19.1 Å². The molecular weight excluding hydrogens is 444 g/mol. The highest BCUT2D eigenvalue weighted by Gasteiger charge is 2.57. The predicted molar refractivity (Wildman–Crippen MR) is 131 cm³/mol. The molecule has 9 heteroatoms. The van der Waals surface area contributed by atoms with E-state index in [4.69, 9.17) is 14.5 Å². The number of pyridine rings is 1. The molecule has 3 aromatic heterocycles. The fourth-order valence-corrected chi connectivity index (χ4v) is 6.10. The van der Waals surface area contributed by atoms with E-state index in [-0.39, 0.29) is 23.3 Å². The summed E-state index contributed by atoms with van der Waals surface area (Å²) in [6.45, 7) is 4.00. The quantitative estimate of drug-likeness (QED) is 0.463. The molecule has 1 atom stereocenters. The number of rotatable bonds is 9. The number of carbonyl (C=O) groups is 1. The van der Waals surface area contributed by atoms with Crippen molar-refractivity contribution in [3.63, 3.8) is 0 Å². The Labute approximate surface area is 204 Å². The molecule has 3 saturated carbocycles. The average Bonchev–Trinajstić information content (AvgIpc) is 3.25. The van der Waals surface area contributed by atoms with E-state index in [9.17, 15) is 4.79 Å². The van der Waals surface area contributed by atoms with E-state index in [1.54, 1.807) is 13.3 Å². The van der Waals surface area contributed by atoms with Gasteiger partial charge in [-0.1, -0.05) is 0 Å². The van der Waals surface area contributed by atoms with Gasteiger partial charge in [-0.05, 0) is 62.5 Å². The Morgan fingerprint density at radius 2 is 2.06 bits per heavy atom. The lowest BCUT2D eigenvalue weighted by molar-refractivity contribution is -0.103. The molecular formula is C26H32N6O3. The SMILES string of the molecule is COC[C@@H](C)Oc1nc(C(=O)CC23CC(C2)C3)cc(N2CCC(c3[nH]nc4ncccc34)CC2)n1. The molecule has 0 amide bonds. The monoisotopic (exact) mass is 476 g/mol. The number of piperidine rings is 1. The fourth-order valence-electron chi connectivity index (χ4n) is 6.10. The molecule has 0 spiro atoms. The van der Waals surface area contributed by atoms with Crippen LogP contribution in [-0.4, -0.2) is 63.8 Å². The van der Waals surface area contributed by atoms with Crippen LogP contribution in [0, 0.1) is 11.3 Å². The summed E-state index contributed by atoms with van der Waals surface area (Å²) in [5, 5.41) is 8.67. The minimum absolute atomic E-state index is 0.0994. The van der Waals surface area contributed by atoms with Crippen molar-refractivity contribution < 1.29 is 14.3 Å². The van der Waals surface area contributed by atoms with Crippen LogP contribution >= 0.6 is 0 Å². The lowest BCUT2D eigenvalue weighted by Crippen LogP contribution is -2.52. The number of hydrogen-bond acceptors (Lipinski definition) is 8. The number of anilines is 1. The highest BCUT2D eigenvalue weighted by atomic mass is 16.5. The molecule has 2 bridgehead atoms. The second-order valence-electron chi connectivity index (χ2n) is 10.6. The van der Waals surface area contributed by atoms with Crippen LogP contribution in [0.25, 0.3) is 11.0 Å². The van der Waals surface area contributed by atoms with Crippen LogP contribution in [0.4, 0.5) is 5.82 Å². The summed E-state index contributed by atoms with van der Waals surface area (Å²) in [4.78, 5) is 29.0. The van der Waals surface area contributed by atoms with Crippen LogP contribution in [0.15, 0.2) is 24.4 Å². The molecule has 4 heterocycles. The predicted octanol–water partition coefficient (Wildman–Crippen LogP) is 3.92. The Balaban J connectivity index is 1.20. The molecule has 4 fully saturated rings. The van der Waals surface area contributed by atoms with Gasteiger partial charge in [0.05, 0.1) is 6.61 Å². The van der Waals surface area contributed by atoms with Gasteiger partial charge in [0.25, 0.3) is 0 Å². The Kier molecular flexibility index (Phi) is 5.67. The third kappa shape index (κ3) is 4.26. The molecule has 0 unspecified atom stereocenters. The standard InChI is InChI=1S/C26H32N6O3/c1-16(15-34-2)35-25-28-20(21(33)14-26-11-17(12-26)13-26)10-22(29-25)32-8-5-18(6-9-32)23-19-4-3-7-27-24(19)31-30-23/h3-4,7,10,16-18H,5-6,8-9,11-15H2,1-2H3,(H,27,30,31)/t16-,17?,26?/m1/s1. The van der Waals surface area contributed by atoms with E-state index < -0.39 is 0 Å². The van der Waals surface area contributed by atoms with Gasteiger partial charge in [0.1, 0.15) is 17.6 Å². The molecule has 0 radical (unpaired) electrons. The summed E-state index contributed by atoms with van der Waals surface area (Å²) in [5.74, 6) is 2.09. The molecule has 1 N–H and O–H groups in total. The van der Waals surface area contributed by atoms with Crippen LogP contribution in [-0.2, 0) is 4.74 Å². The van der Waals surface area contributed by atoms with Crippen LogP contribution in [0.3, 0.4) is 0 Å². The topological polar surface area (TPSA) is 106 Å². The van der Waals surface area contributed by atoms with Gasteiger partial charge < -0.3 is 14.4 Å². The number of nitrogens with one attached hydrogen (secondary N) is 1. The molecule has 4 aliphatic rings. The summed E-state index contributed by atoms with van der Waals surface area (Å²) < 4.78 is 11.1. The number of aromatic nitrogens is 5. The number of methoxy groups -OCH3 is 1. The molecule has 1 aliphatic heterocycles. The van der Waals surface area contributed by atoms with Crippen molar-refractivity contribution >= 4 is 22.6 Å². The molecule has 0 aromatic carbocycles. The van der Waals surface area contributed by atoms with Crippen LogP contribution in [0.5, 0.6) is 6.01 Å². The first-order chi connectivity index (χ1) is 17.0. The Bertz CT molecular complexity index is 1220. The number of hydrogen-bond donors (Lipinski definition) is 1. The highest BCUT2D eigenvalue weighted by Crippen LogP contribution is 2.66. The minimum atomic E-state index is -0.205. The minimum Gasteiger partial charge on any atom is -0.458 e. The average molecular weight is 477 g/mol. The van der Waals surface area contributed by atoms with Crippen molar-refractivity contribution in [3.05, 3.63) is 35.8 Å². The van der Waals surface area contributed by atoms with Crippen molar-refractivity contribution in [2.75, 3.05) is 31.7 Å². The van der Waals surface area contributed by atoms with E-state index in [1.165, 1.54) is 19.3 Å². The number of H-pyrrole nitrogens is 1. The van der Waals surface area contributed by atoms with Gasteiger partial charge >= 0.3 is 6.01 Å². The zero-order valence-electron chi connectivity index (χ0n) is 20.4. The van der Waals surface area contributed by atoms with Gasteiger partial charge in [0, 0.05) is 55.9 Å². The first kappa shape index (κ1) is 22.4. The van der Waals surface area contributed by atoms with Gasteiger partial charge in [-0.15, -0.1) is 0 Å². The Morgan fingerprint density at radius 1 is 1.26 bits per heavy atom. The van der Waals surface area contributed by atoms with Crippen LogP contribution in [0.2, 0.25) is 0 Å². The first-order valence-electron chi connectivity index (χ1n) is 12.6. The zero-order valence-corrected chi connectivity index (χ0v) is 20.4. The van der Waals surface area contributed by atoms with Crippen LogP contribution < -0.4 is 9.64 Å². The Hall–Kier alpha value is -3.07. The van der Waals surface area contributed by atoms with Crippen molar-refractivity contribution in [1.82, 2.24) is 25.1 Å². The van der Waals surface area contributed by atoms with Gasteiger partial charge in [-0.25, -0.2) is 4.98 Å². The fraction of sp³-hybridized carbons (Fsp3) is 0.577. The molecule has 35 heavy (non-hydrogen) atoms. The van der Waals surface area contributed by atoms with E-state index in [2.05, 4.69) is 31.1 Å². The van der Waals surface area contributed by atoms with Crippen molar-refractivity contribution in [3.8, 4) is 6.01 Å². The van der Waals surface area contributed by atoms with E-state index in [0.29, 0.717) is 24.6 Å². The summed E-state index contributed by atoms with van der Waals surface area (Å²) in [7, 11) is 1.64. The molecule has 3 aliphatic carbocycles. The van der Waals surface area contributed by atoms with Crippen molar-refractivity contribution in [2.45, 2.75) is 57.5 Å². The van der Waals surface area contributed by atoms with E-state index >= 15 is 0 Å². The maximum absolute atomic E-state index is 13.2. The molecule has 1 saturated heterocycles. The second-order valence-corrected chi connectivity index (χ2v) is 10.6. The molecule has 184 valence electrons. The van der Waals surface area contributed by atoms with Crippen molar-refractivity contribution in [2.24, 2.45) is 11.3 Å². The number of ether oxygens (including phenoxy) is 2. The van der Waals surface area contributed by atoms with Gasteiger partial charge in [-0.3, -0.25) is 9.89 Å². The molecule has 9 nitrogen and oxygen atoms in total. The number of Topliss-reactive ketones (excluding diaryl/α,β-unsaturated/α-hetero) is 1.